The predicted molar refractivity (Wildman–Crippen MR) is 96.8 cm³/mol. The Morgan fingerprint density at radius 3 is 2.35 bits per heavy atom. The maximum atomic E-state index is 12.6. The van der Waals surface area contributed by atoms with Gasteiger partial charge in [0.2, 0.25) is 0 Å². The highest BCUT2D eigenvalue weighted by Crippen LogP contribution is 2.25. The molecule has 0 radical (unpaired) electrons. The van der Waals surface area contributed by atoms with Crippen molar-refractivity contribution in [2.45, 2.75) is 6.42 Å². The molecule has 0 aromatic heterocycles. The number of Topliss-reactive ketones (excluding diaryl/α,β-unsaturated/α-hetero) is 2. The van der Waals surface area contributed by atoms with Crippen LogP contribution >= 0.6 is 0 Å². The number of carbonyl (C=O) groups is 3. The minimum Gasteiger partial charge on any atom is -0.482 e. The number of ketones is 2. The van der Waals surface area contributed by atoms with Gasteiger partial charge in [-0.05, 0) is 29.0 Å². The third-order valence-electron chi connectivity index (χ3n) is 3.93. The molecule has 1 N–H and O–H groups in total. The Morgan fingerprint density at radius 2 is 1.62 bits per heavy atom. The number of hydrogen-bond donors (Lipinski definition) is 1. The van der Waals surface area contributed by atoms with Crippen LogP contribution in [-0.4, -0.2) is 29.2 Å². The van der Waals surface area contributed by atoms with Gasteiger partial charge in [0.1, 0.15) is 5.75 Å². The number of aliphatic carboxylic acids is 1. The minimum atomic E-state index is -1.06. The summed E-state index contributed by atoms with van der Waals surface area (Å²) < 4.78 is 5.16. The first-order valence-corrected chi connectivity index (χ1v) is 8.03. The first-order valence-electron chi connectivity index (χ1n) is 8.03. The zero-order valence-corrected chi connectivity index (χ0v) is 13.8. The van der Waals surface area contributed by atoms with Gasteiger partial charge >= 0.3 is 5.97 Å². The van der Waals surface area contributed by atoms with E-state index in [9.17, 15) is 14.4 Å². The molecule has 5 heteroatoms. The first kappa shape index (κ1) is 17.4. The summed E-state index contributed by atoms with van der Waals surface area (Å²) >= 11 is 0. The van der Waals surface area contributed by atoms with E-state index in [1.807, 2.05) is 6.07 Å². The van der Waals surface area contributed by atoms with Crippen LogP contribution in [0.3, 0.4) is 0 Å². The fourth-order valence-corrected chi connectivity index (χ4v) is 2.71. The van der Waals surface area contributed by atoms with Crippen LogP contribution in [0, 0.1) is 0 Å². The van der Waals surface area contributed by atoms with Gasteiger partial charge < -0.3 is 9.84 Å². The number of carbonyl (C=O) groups excluding carboxylic acids is 2. The van der Waals surface area contributed by atoms with E-state index in [4.69, 9.17) is 9.84 Å². The molecule has 0 saturated heterocycles. The van der Waals surface area contributed by atoms with Crippen molar-refractivity contribution < 1.29 is 24.2 Å². The van der Waals surface area contributed by atoms with Gasteiger partial charge in [0.15, 0.2) is 18.2 Å². The molecule has 0 aliphatic carbocycles. The highest BCUT2D eigenvalue weighted by molar-refractivity contribution is 6.17. The average Bonchev–Trinajstić information content (AvgIpc) is 2.66. The van der Waals surface area contributed by atoms with Gasteiger partial charge in [-0.1, -0.05) is 48.5 Å². The van der Waals surface area contributed by atoms with Gasteiger partial charge in [0.05, 0.1) is 6.42 Å². The lowest BCUT2D eigenvalue weighted by Crippen LogP contribution is -2.10. The summed E-state index contributed by atoms with van der Waals surface area (Å²) in [7, 11) is 0. The monoisotopic (exact) mass is 348 g/mol. The van der Waals surface area contributed by atoms with Crippen LogP contribution in [0.5, 0.6) is 5.75 Å². The molecule has 0 unspecified atom stereocenters. The van der Waals surface area contributed by atoms with Crippen LogP contribution in [0.4, 0.5) is 0 Å². The summed E-state index contributed by atoms with van der Waals surface area (Å²) in [5.41, 5.74) is 0.960. The molecule has 3 aromatic carbocycles. The van der Waals surface area contributed by atoms with Crippen LogP contribution in [0.15, 0.2) is 66.7 Å². The van der Waals surface area contributed by atoms with Crippen LogP contribution in [0.1, 0.15) is 27.1 Å². The normalized spacial score (nSPS) is 10.5. The molecular weight excluding hydrogens is 332 g/mol. The number of ether oxygens (including phenoxy) is 1. The predicted octanol–water partition coefficient (Wildman–Crippen LogP) is 3.76. The summed E-state index contributed by atoms with van der Waals surface area (Å²) in [6.07, 6.45) is -0.208. The Hall–Kier alpha value is -3.47. The molecule has 0 atom stereocenters. The van der Waals surface area contributed by atoms with Gasteiger partial charge in [-0.15, -0.1) is 0 Å². The van der Waals surface area contributed by atoms with Crippen molar-refractivity contribution in [3.63, 3.8) is 0 Å². The molecule has 130 valence electrons. The summed E-state index contributed by atoms with van der Waals surface area (Å²) in [5, 5.41) is 10.1. The second-order valence-corrected chi connectivity index (χ2v) is 5.76. The third-order valence-corrected chi connectivity index (χ3v) is 3.93. The van der Waals surface area contributed by atoms with Crippen LogP contribution in [0.2, 0.25) is 0 Å². The van der Waals surface area contributed by atoms with Crippen molar-refractivity contribution >= 4 is 28.3 Å². The zero-order chi connectivity index (χ0) is 18.5. The van der Waals surface area contributed by atoms with Gasteiger partial charge in [-0.25, -0.2) is 4.79 Å². The molecule has 0 amide bonds. The lowest BCUT2D eigenvalue weighted by molar-refractivity contribution is -0.139. The second kappa shape index (κ2) is 7.61. The number of fused-ring (bicyclic) bond motifs is 1. The smallest absolute Gasteiger partial charge is 0.341 e. The van der Waals surface area contributed by atoms with Crippen molar-refractivity contribution in [1.82, 2.24) is 0 Å². The number of carboxylic acids is 1. The van der Waals surface area contributed by atoms with Crippen molar-refractivity contribution in [2.24, 2.45) is 0 Å². The van der Waals surface area contributed by atoms with Gasteiger partial charge in [-0.3, -0.25) is 9.59 Å². The van der Waals surface area contributed by atoms with Crippen LogP contribution < -0.4 is 4.74 Å². The van der Waals surface area contributed by atoms with E-state index in [1.165, 1.54) is 0 Å². The Morgan fingerprint density at radius 1 is 0.846 bits per heavy atom. The summed E-state index contributed by atoms with van der Waals surface area (Å²) in [6, 6.07) is 18.9. The maximum absolute atomic E-state index is 12.6. The molecule has 5 nitrogen and oxygen atoms in total. The Bertz CT molecular complexity index is 976. The maximum Gasteiger partial charge on any atom is 0.341 e. The van der Waals surface area contributed by atoms with Crippen molar-refractivity contribution in [2.75, 3.05) is 6.61 Å². The van der Waals surface area contributed by atoms with E-state index in [0.29, 0.717) is 22.3 Å². The van der Waals surface area contributed by atoms with E-state index in [-0.39, 0.29) is 18.0 Å². The summed E-state index contributed by atoms with van der Waals surface area (Å²) in [5.74, 6) is -1.14. The standard InChI is InChI=1S/C21H16O5/c22-19(14-5-2-1-3-6-14)12-20(23)18-8-4-7-15-11-16(9-10-17(15)18)26-13-21(24)25/h1-11H,12-13H2,(H,24,25). The fourth-order valence-electron chi connectivity index (χ4n) is 2.71. The van der Waals surface area contributed by atoms with Crippen LogP contribution in [-0.2, 0) is 4.79 Å². The van der Waals surface area contributed by atoms with E-state index < -0.39 is 12.6 Å². The second-order valence-electron chi connectivity index (χ2n) is 5.76. The minimum absolute atomic E-state index is 0.208. The van der Waals surface area contributed by atoms with Crippen molar-refractivity contribution in [3.8, 4) is 5.75 Å². The molecular formula is C21H16O5. The Labute approximate surface area is 149 Å². The molecule has 0 spiro atoms. The third kappa shape index (κ3) is 3.95. The molecule has 3 rings (SSSR count). The van der Waals surface area contributed by atoms with Crippen molar-refractivity contribution in [3.05, 3.63) is 77.9 Å². The molecule has 0 aliphatic heterocycles. The topological polar surface area (TPSA) is 80.7 Å². The number of rotatable bonds is 7. The Balaban J connectivity index is 1.84. The number of benzene rings is 3. The number of hydrogen-bond acceptors (Lipinski definition) is 4. The molecule has 26 heavy (non-hydrogen) atoms. The zero-order valence-electron chi connectivity index (χ0n) is 13.8. The molecule has 0 heterocycles. The van der Waals surface area contributed by atoms with Crippen molar-refractivity contribution in [1.29, 1.82) is 0 Å². The number of carboxylic acid groups (broad SMARTS) is 1. The molecule has 0 aliphatic rings. The lowest BCUT2D eigenvalue weighted by Gasteiger charge is -2.08. The summed E-state index contributed by atoms with van der Waals surface area (Å²) in [6.45, 7) is -0.435. The average molecular weight is 348 g/mol. The van der Waals surface area contributed by atoms with E-state index in [1.54, 1.807) is 60.7 Å². The summed E-state index contributed by atoms with van der Waals surface area (Å²) in [4.78, 5) is 35.5. The lowest BCUT2D eigenvalue weighted by atomic mass is 9.97. The molecule has 0 fully saturated rings. The Kier molecular flexibility index (Phi) is 5.08. The van der Waals surface area contributed by atoms with Gasteiger partial charge in [-0.2, -0.15) is 0 Å². The molecule has 3 aromatic rings. The van der Waals surface area contributed by atoms with E-state index in [2.05, 4.69) is 0 Å². The van der Waals surface area contributed by atoms with Gasteiger partial charge in [0.25, 0.3) is 0 Å². The molecule has 0 bridgehead atoms. The highest BCUT2D eigenvalue weighted by Gasteiger charge is 2.16. The first-order chi connectivity index (χ1) is 12.5. The molecule has 0 saturated carbocycles. The van der Waals surface area contributed by atoms with Crippen LogP contribution in [0.25, 0.3) is 10.8 Å². The largest absolute Gasteiger partial charge is 0.482 e. The fraction of sp³-hybridized carbons (Fsp3) is 0.0952. The SMILES string of the molecule is O=C(O)COc1ccc2c(C(=O)CC(=O)c3ccccc3)cccc2c1. The van der Waals surface area contributed by atoms with E-state index in [0.717, 1.165) is 5.39 Å². The highest BCUT2D eigenvalue weighted by atomic mass is 16.5. The van der Waals surface area contributed by atoms with Gasteiger partial charge in [0, 0.05) is 11.1 Å². The quantitative estimate of drug-likeness (QED) is 0.519. The van der Waals surface area contributed by atoms with E-state index >= 15 is 0 Å².